The first-order valence-electron chi connectivity index (χ1n) is 27.7. The van der Waals surface area contributed by atoms with Gasteiger partial charge in [-0.2, -0.15) is 0 Å². The molecule has 0 aliphatic rings. The first kappa shape index (κ1) is 21.1. The van der Waals surface area contributed by atoms with Crippen molar-refractivity contribution < 1.29 is 34.0 Å². The van der Waals surface area contributed by atoms with Gasteiger partial charge < -0.3 is 4.74 Å². The van der Waals surface area contributed by atoms with Crippen molar-refractivity contribution in [2.24, 2.45) is 0 Å². The van der Waals surface area contributed by atoms with Gasteiger partial charge in [-0.15, -0.1) is 0 Å². The number of nitrogens with zero attached hydrogens (tertiary/aromatic N) is 4. The molecule has 11 aromatic rings. The van der Waals surface area contributed by atoms with E-state index in [1.807, 2.05) is 36.4 Å². The minimum atomic E-state index is -2.81. The van der Waals surface area contributed by atoms with Gasteiger partial charge in [0.25, 0.3) is 6.33 Å². The number of para-hydroxylation sites is 4. The van der Waals surface area contributed by atoms with E-state index >= 15 is 0 Å². The standard InChI is InChI=1S/C55H38N4O/c1-38-33-54(56-36-49(38)41-21-9-4-10-22-41)59-50-28-12-11-25-47(50)48-32-31-44(35-53(48)59)60-43-24-15-23-42(34-43)57-37-58(52-30-14-13-29-51(52)57)55-45(39-17-5-2-6-18-39)26-16-27-46(55)40-19-7-3-8-20-40/h2-36H,1H3/i1D3,2D,3D,4D,5D,6D,7D,8D,9D,10D,17D,18D,19D,20D,21D,22D. The summed E-state index contributed by atoms with van der Waals surface area (Å²) in [5.74, 6) is 0.897. The first-order valence-corrected chi connectivity index (χ1v) is 18.7. The Morgan fingerprint density at radius 1 is 0.567 bits per heavy atom. The fourth-order valence-electron chi connectivity index (χ4n) is 7.61. The van der Waals surface area contributed by atoms with Crippen LogP contribution in [0.25, 0.3) is 83.4 Å². The highest BCUT2D eigenvalue weighted by Crippen LogP contribution is 2.37. The number of aromatic nitrogens is 4. The Bertz CT molecular complexity index is 4200. The van der Waals surface area contributed by atoms with Crippen LogP contribution in [0, 0.1) is 13.2 Å². The molecule has 0 N–H and O–H groups in total. The van der Waals surface area contributed by atoms with Crippen LogP contribution in [0.3, 0.4) is 0 Å². The molecule has 0 unspecified atom stereocenters. The predicted octanol–water partition coefficient (Wildman–Crippen LogP) is 13.3. The van der Waals surface area contributed by atoms with Crippen molar-refractivity contribution >= 4 is 32.8 Å². The van der Waals surface area contributed by atoms with Crippen molar-refractivity contribution in [1.82, 2.24) is 14.1 Å². The summed E-state index contributed by atoms with van der Waals surface area (Å²) in [6.07, 6.45) is 4.59. The molecule has 0 spiro atoms. The van der Waals surface area contributed by atoms with Crippen molar-refractivity contribution in [2.45, 2.75) is 6.85 Å². The Labute approximate surface area is 373 Å². The van der Waals surface area contributed by atoms with E-state index in [0.29, 0.717) is 39.3 Å². The summed E-state index contributed by atoms with van der Waals surface area (Å²) >= 11 is 0. The third-order valence-electron chi connectivity index (χ3n) is 10.2. The molecule has 0 saturated heterocycles. The molecule has 0 atom stereocenters. The van der Waals surface area contributed by atoms with Crippen LogP contribution < -0.4 is 9.30 Å². The third-order valence-corrected chi connectivity index (χ3v) is 10.2. The van der Waals surface area contributed by atoms with Gasteiger partial charge in [0.2, 0.25) is 0 Å². The molecule has 5 nitrogen and oxygen atoms in total. The van der Waals surface area contributed by atoms with E-state index in [1.54, 1.807) is 80.4 Å². The van der Waals surface area contributed by atoms with Crippen molar-refractivity contribution in [2.75, 3.05) is 0 Å². The predicted molar refractivity (Wildman–Crippen MR) is 243 cm³/mol. The zero-order chi connectivity index (χ0) is 55.5. The van der Waals surface area contributed by atoms with Gasteiger partial charge in [-0.3, -0.25) is 13.7 Å². The molecule has 3 aromatic heterocycles. The van der Waals surface area contributed by atoms with Crippen LogP contribution in [0.5, 0.6) is 11.5 Å². The number of pyridine rings is 1. The van der Waals surface area contributed by atoms with Gasteiger partial charge in [0.15, 0.2) is 0 Å². The van der Waals surface area contributed by atoms with E-state index in [1.165, 1.54) is 18.3 Å². The van der Waals surface area contributed by atoms with E-state index in [-0.39, 0.29) is 50.4 Å². The average molecular weight is 789 g/mol. The zero-order valence-corrected chi connectivity index (χ0v) is 31.2. The van der Waals surface area contributed by atoms with Gasteiger partial charge in [0, 0.05) is 32.7 Å². The fourth-order valence-corrected chi connectivity index (χ4v) is 7.61. The Morgan fingerprint density at radius 3 is 1.90 bits per heavy atom. The highest BCUT2D eigenvalue weighted by molar-refractivity contribution is 6.09. The molecule has 3 heterocycles. The van der Waals surface area contributed by atoms with Gasteiger partial charge in [0.05, 0.1) is 54.0 Å². The van der Waals surface area contributed by atoms with Crippen LogP contribution >= 0.6 is 0 Å². The Morgan fingerprint density at radius 2 is 1.18 bits per heavy atom. The van der Waals surface area contributed by atoms with Crippen molar-refractivity contribution in [1.29, 1.82) is 0 Å². The molecule has 0 fully saturated rings. The number of fused-ring (bicyclic) bond motifs is 4. The number of ether oxygens (including phenoxy) is 1. The molecule has 5 heteroatoms. The fraction of sp³-hybridized carbons (Fsp3) is 0.0182. The molecule has 11 rings (SSSR count). The molecule has 0 bridgehead atoms. The van der Waals surface area contributed by atoms with Gasteiger partial charge >= 0.3 is 0 Å². The lowest BCUT2D eigenvalue weighted by Gasteiger charge is -2.17. The number of aryl methyl sites for hydroxylation is 1. The topological polar surface area (TPSA) is 35.9 Å². The quantitative estimate of drug-likeness (QED) is 0.114. The normalized spacial score (nSPS) is 15.9. The Kier molecular flexibility index (Phi) is 5.18. The zero-order valence-electron chi connectivity index (χ0n) is 49.2. The summed E-state index contributed by atoms with van der Waals surface area (Å²) in [5, 5.41) is 1.57. The summed E-state index contributed by atoms with van der Waals surface area (Å²) in [6.45, 7) is -2.81. The monoisotopic (exact) mass is 788 g/mol. The van der Waals surface area contributed by atoms with E-state index < -0.39 is 97.5 Å². The smallest absolute Gasteiger partial charge is 0.269 e. The van der Waals surface area contributed by atoms with Gasteiger partial charge in [0.1, 0.15) is 17.3 Å². The second kappa shape index (κ2) is 14.7. The molecule has 0 aliphatic carbocycles. The maximum absolute atomic E-state index is 9.01. The van der Waals surface area contributed by atoms with Crippen LogP contribution in [0.4, 0.5) is 0 Å². The lowest BCUT2D eigenvalue weighted by Crippen LogP contribution is -2.31. The first-order chi connectivity index (χ1) is 37.1. The van der Waals surface area contributed by atoms with E-state index in [4.69, 9.17) is 29.4 Å². The molecule has 0 aliphatic heterocycles. The molecular weight excluding hydrogens is 733 g/mol. The molecule has 60 heavy (non-hydrogen) atoms. The molecule has 0 amide bonds. The van der Waals surface area contributed by atoms with Crippen molar-refractivity contribution in [3.05, 3.63) is 224 Å². The van der Waals surface area contributed by atoms with Crippen molar-refractivity contribution in [3.63, 3.8) is 0 Å². The van der Waals surface area contributed by atoms with Gasteiger partial charge in [-0.05, 0) is 82.7 Å². The average Bonchev–Trinajstić information content (AvgIpc) is 4.01. The van der Waals surface area contributed by atoms with Gasteiger partial charge in [-0.25, -0.2) is 4.98 Å². The maximum Gasteiger partial charge on any atom is 0.269 e. The van der Waals surface area contributed by atoms with E-state index in [0.717, 1.165) is 10.8 Å². The highest BCUT2D eigenvalue weighted by atomic mass is 16.5. The number of imidazole rings is 1. The largest absolute Gasteiger partial charge is 0.458 e. The van der Waals surface area contributed by atoms with Crippen LogP contribution in [-0.4, -0.2) is 14.1 Å². The SMILES string of the molecule is [2H]c1c([2H])c([2H])c(-c2cnc(-n3c4ccccc4c4ccc(Oc5cccc(-n6[c-][n+](-c7c(-c8c([2H])c([2H])c([2H])c([2H])c8[2H])cccc7-c7c([2H])c([2H])c([2H])c([2H])c7[2H])c7ccccc76)c5)cc43)cc2C([2H])([2H])[2H])c([2H])c1[2H]. The van der Waals surface area contributed by atoms with Crippen LogP contribution in [0.15, 0.2) is 212 Å². The summed E-state index contributed by atoms with van der Waals surface area (Å²) in [4.78, 5) is 4.67. The summed E-state index contributed by atoms with van der Waals surface area (Å²) in [6, 6.07) is 24.3. The molecule has 0 radical (unpaired) electrons. The van der Waals surface area contributed by atoms with Gasteiger partial charge in [-0.1, -0.05) is 157 Å². The molecule has 0 saturated carbocycles. The van der Waals surface area contributed by atoms with E-state index in [9.17, 15) is 0 Å². The van der Waals surface area contributed by atoms with Crippen LogP contribution in [-0.2, 0) is 0 Å². The minimum Gasteiger partial charge on any atom is -0.458 e. The second-order valence-corrected chi connectivity index (χ2v) is 13.7. The Hall–Kier alpha value is -8.02. The van der Waals surface area contributed by atoms with Crippen LogP contribution in [0.1, 0.15) is 30.2 Å². The minimum absolute atomic E-state index is 0.0974. The summed E-state index contributed by atoms with van der Waals surface area (Å²) in [5.41, 5.74) is 2.03. The summed E-state index contributed by atoms with van der Waals surface area (Å²) < 4.78 is 166. The lowest BCUT2D eigenvalue weighted by atomic mass is 9.95. The molecular formula is C55H38N4O. The van der Waals surface area contributed by atoms with Crippen molar-refractivity contribution in [3.8, 4) is 62.1 Å². The highest BCUT2D eigenvalue weighted by Gasteiger charge is 2.20. The summed E-state index contributed by atoms with van der Waals surface area (Å²) in [7, 11) is 0. The number of benzene rings is 8. The third kappa shape index (κ3) is 6.12. The van der Waals surface area contributed by atoms with E-state index in [2.05, 4.69) is 11.3 Å². The Balaban J connectivity index is 1.06. The molecule has 284 valence electrons. The second-order valence-electron chi connectivity index (χ2n) is 13.7. The number of rotatable bonds is 8. The van der Waals surface area contributed by atoms with Crippen LogP contribution in [0.2, 0.25) is 0 Å². The maximum atomic E-state index is 9.01. The number of hydrogen-bond donors (Lipinski definition) is 0. The lowest BCUT2D eigenvalue weighted by molar-refractivity contribution is -0.571. The number of hydrogen-bond acceptors (Lipinski definition) is 2. The molecule has 8 aromatic carbocycles.